The maximum absolute atomic E-state index is 11.7. The maximum Gasteiger partial charge on any atom is 0.407 e. The van der Waals surface area contributed by atoms with E-state index in [1.165, 1.54) is 4.90 Å². The Kier molecular flexibility index (Phi) is 2.30. The first-order chi connectivity index (χ1) is 7.26. The Morgan fingerprint density at radius 1 is 1.50 bits per heavy atom. The van der Waals surface area contributed by atoms with Crippen molar-refractivity contribution in [3.63, 3.8) is 0 Å². The maximum atomic E-state index is 11.7. The molecule has 1 aliphatic carbocycles. The molecule has 1 spiro atoms. The van der Waals surface area contributed by atoms with Crippen molar-refractivity contribution < 1.29 is 14.7 Å². The number of ketones is 1. The van der Waals surface area contributed by atoms with Crippen LogP contribution in [0.25, 0.3) is 0 Å². The number of Topliss-reactive ketones (excluding diaryl/α,β-unsaturated/α-hetero) is 1. The van der Waals surface area contributed by atoms with E-state index in [2.05, 4.69) is 20.8 Å². The van der Waals surface area contributed by atoms with Crippen LogP contribution < -0.4 is 0 Å². The van der Waals surface area contributed by atoms with Crippen LogP contribution in [0.1, 0.15) is 33.6 Å². The molecular formula is C12H19NO3. The van der Waals surface area contributed by atoms with Crippen molar-refractivity contribution in [3.05, 3.63) is 0 Å². The summed E-state index contributed by atoms with van der Waals surface area (Å²) in [6.07, 6.45) is 0.551. The fourth-order valence-electron chi connectivity index (χ4n) is 3.60. The van der Waals surface area contributed by atoms with Gasteiger partial charge in [0.25, 0.3) is 0 Å². The molecule has 2 atom stereocenters. The van der Waals surface area contributed by atoms with E-state index in [0.717, 1.165) is 6.42 Å². The summed E-state index contributed by atoms with van der Waals surface area (Å²) < 4.78 is 0. The first kappa shape index (κ1) is 11.4. The van der Waals surface area contributed by atoms with Gasteiger partial charge in [0.15, 0.2) is 0 Å². The van der Waals surface area contributed by atoms with Crippen LogP contribution >= 0.6 is 0 Å². The quantitative estimate of drug-likeness (QED) is 0.686. The molecule has 0 aromatic carbocycles. The molecule has 2 fully saturated rings. The second-order valence-corrected chi connectivity index (χ2v) is 6.26. The number of nitrogens with zero attached hydrogens (tertiary/aromatic N) is 1. The molecule has 1 N–H and O–H groups in total. The first-order valence-corrected chi connectivity index (χ1v) is 5.77. The molecule has 0 bridgehead atoms. The molecule has 4 nitrogen and oxygen atoms in total. The molecular weight excluding hydrogens is 206 g/mol. The third-order valence-corrected chi connectivity index (χ3v) is 3.98. The van der Waals surface area contributed by atoms with Crippen LogP contribution in [0.4, 0.5) is 4.79 Å². The van der Waals surface area contributed by atoms with Crippen LogP contribution in [0.15, 0.2) is 0 Å². The number of hydrogen-bond acceptors (Lipinski definition) is 2. The zero-order chi connectivity index (χ0) is 12.1. The molecule has 0 aromatic rings. The molecule has 1 heterocycles. The van der Waals surface area contributed by atoms with Gasteiger partial charge in [-0.05, 0) is 11.8 Å². The summed E-state index contributed by atoms with van der Waals surface area (Å²) in [4.78, 5) is 24.1. The molecule has 16 heavy (non-hydrogen) atoms. The Hall–Kier alpha value is -1.06. The standard InChI is InChI=1S/C12H19NO3/c1-11(2,3)9-8(14)6-12(9)4-5-13(7-12)10(15)16/h9H,4-7H2,1-3H3,(H,15,16). The second kappa shape index (κ2) is 3.22. The molecule has 2 unspecified atom stereocenters. The van der Waals surface area contributed by atoms with Gasteiger partial charge in [0, 0.05) is 30.8 Å². The molecule has 2 rings (SSSR count). The van der Waals surface area contributed by atoms with E-state index < -0.39 is 6.09 Å². The van der Waals surface area contributed by atoms with Crippen molar-refractivity contribution in [1.82, 2.24) is 4.90 Å². The van der Waals surface area contributed by atoms with Gasteiger partial charge in [-0.3, -0.25) is 4.79 Å². The Bertz CT molecular complexity index is 345. The summed E-state index contributed by atoms with van der Waals surface area (Å²) in [5, 5.41) is 8.96. The third-order valence-electron chi connectivity index (χ3n) is 3.98. The predicted octanol–water partition coefficient (Wildman–Crippen LogP) is 1.99. The van der Waals surface area contributed by atoms with Crippen molar-refractivity contribution in [2.45, 2.75) is 33.6 Å². The smallest absolute Gasteiger partial charge is 0.407 e. The van der Waals surface area contributed by atoms with Gasteiger partial charge in [-0.2, -0.15) is 0 Å². The minimum atomic E-state index is -0.858. The van der Waals surface area contributed by atoms with E-state index in [0.29, 0.717) is 25.3 Å². The monoisotopic (exact) mass is 225 g/mol. The average Bonchev–Trinajstić information content (AvgIpc) is 2.46. The number of amides is 1. The Morgan fingerprint density at radius 2 is 2.12 bits per heavy atom. The SMILES string of the molecule is CC(C)(C)C1C(=O)CC12CCN(C(=O)O)C2. The van der Waals surface area contributed by atoms with E-state index >= 15 is 0 Å². The van der Waals surface area contributed by atoms with Gasteiger partial charge in [0.2, 0.25) is 0 Å². The van der Waals surface area contributed by atoms with Crippen LogP contribution in [-0.2, 0) is 4.79 Å². The molecule has 0 radical (unpaired) electrons. The Labute approximate surface area is 95.6 Å². The number of rotatable bonds is 0. The summed E-state index contributed by atoms with van der Waals surface area (Å²) in [5.74, 6) is 0.337. The number of carbonyl (C=O) groups is 2. The van der Waals surface area contributed by atoms with Gasteiger partial charge in [-0.15, -0.1) is 0 Å². The minimum Gasteiger partial charge on any atom is -0.465 e. The molecule has 1 saturated heterocycles. The largest absolute Gasteiger partial charge is 0.465 e. The number of hydrogen-bond donors (Lipinski definition) is 1. The number of carboxylic acid groups (broad SMARTS) is 1. The lowest BCUT2D eigenvalue weighted by Crippen LogP contribution is -2.55. The van der Waals surface area contributed by atoms with E-state index in [1.807, 2.05) is 0 Å². The van der Waals surface area contributed by atoms with Crippen molar-refractivity contribution in [2.24, 2.45) is 16.7 Å². The van der Waals surface area contributed by atoms with Crippen molar-refractivity contribution >= 4 is 11.9 Å². The van der Waals surface area contributed by atoms with E-state index in [1.54, 1.807) is 0 Å². The molecule has 1 amide bonds. The number of carbonyl (C=O) groups excluding carboxylic acids is 1. The molecule has 1 saturated carbocycles. The van der Waals surface area contributed by atoms with Crippen LogP contribution in [0.5, 0.6) is 0 Å². The molecule has 2 aliphatic rings. The lowest BCUT2D eigenvalue weighted by Gasteiger charge is -2.51. The molecule has 0 aromatic heterocycles. The zero-order valence-corrected chi connectivity index (χ0v) is 10.1. The normalized spacial score (nSPS) is 34.3. The Balaban J connectivity index is 2.17. The van der Waals surface area contributed by atoms with E-state index in [-0.39, 0.29) is 16.7 Å². The summed E-state index contributed by atoms with van der Waals surface area (Å²) in [6.45, 7) is 7.32. The third kappa shape index (κ3) is 1.51. The van der Waals surface area contributed by atoms with Gasteiger partial charge in [-0.25, -0.2) is 4.79 Å². The van der Waals surface area contributed by atoms with Crippen LogP contribution in [0, 0.1) is 16.7 Å². The topological polar surface area (TPSA) is 57.6 Å². The minimum absolute atomic E-state index is 0.0318. The Morgan fingerprint density at radius 3 is 2.50 bits per heavy atom. The lowest BCUT2D eigenvalue weighted by atomic mass is 9.51. The summed E-state index contributed by atoms with van der Waals surface area (Å²) in [6, 6.07) is 0. The van der Waals surface area contributed by atoms with Crippen molar-refractivity contribution in [1.29, 1.82) is 0 Å². The summed E-state index contributed by atoms with van der Waals surface area (Å²) in [5.41, 5.74) is -0.114. The van der Waals surface area contributed by atoms with E-state index in [9.17, 15) is 9.59 Å². The zero-order valence-electron chi connectivity index (χ0n) is 10.1. The van der Waals surface area contributed by atoms with Crippen LogP contribution in [-0.4, -0.2) is 35.0 Å². The molecule has 1 aliphatic heterocycles. The fourth-order valence-corrected chi connectivity index (χ4v) is 3.60. The molecule has 90 valence electrons. The van der Waals surface area contributed by atoms with Crippen molar-refractivity contribution in [3.8, 4) is 0 Å². The summed E-state index contributed by atoms with van der Waals surface area (Å²) >= 11 is 0. The van der Waals surface area contributed by atoms with Crippen molar-refractivity contribution in [2.75, 3.05) is 13.1 Å². The van der Waals surface area contributed by atoms with Gasteiger partial charge in [-0.1, -0.05) is 20.8 Å². The highest BCUT2D eigenvalue weighted by atomic mass is 16.4. The van der Waals surface area contributed by atoms with Crippen LogP contribution in [0.2, 0.25) is 0 Å². The van der Waals surface area contributed by atoms with Gasteiger partial charge in [0.05, 0.1) is 0 Å². The number of likely N-dealkylation sites (tertiary alicyclic amines) is 1. The van der Waals surface area contributed by atoms with E-state index in [4.69, 9.17) is 5.11 Å². The molecule has 4 heteroatoms. The lowest BCUT2D eigenvalue weighted by molar-refractivity contribution is -0.150. The summed E-state index contributed by atoms with van der Waals surface area (Å²) in [7, 11) is 0. The highest BCUT2D eigenvalue weighted by Crippen LogP contribution is 2.57. The van der Waals surface area contributed by atoms with Gasteiger partial charge >= 0.3 is 6.09 Å². The van der Waals surface area contributed by atoms with Crippen LogP contribution in [0.3, 0.4) is 0 Å². The average molecular weight is 225 g/mol. The van der Waals surface area contributed by atoms with Gasteiger partial charge in [0.1, 0.15) is 5.78 Å². The highest BCUT2D eigenvalue weighted by molar-refractivity contribution is 5.90. The second-order valence-electron chi connectivity index (χ2n) is 6.26. The fraction of sp³-hybridized carbons (Fsp3) is 0.833. The van der Waals surface area contributed by atoms with Gasteiger partial charge < -0.3 is 10.0 Å². The first-order valence-electron chi connectivity index (χ1n) is 5.77. The highest BCUT2D eigenvalue weighted by Gasteiger charge is 2.60. The predicted molar refractivity (Wildman–Crippen MR) is 59.2 cm³/mol.